The van der Waals surface area contributed by atoms with Crippen LogP contribution < -0.4 is 0 Å². The number of allylic oxidation sites excluding steroid dienone is 1. The van der Waals surface area contributed by atoms with Crippen molar-refractivity contribution >= 4 is 0 Å². The maximum absolute atomic E-state index is 8.58. The Labute approximate surface area is 96.9 Å². The molecule has 0 radical (unpaired) electrons. The summed E-state index contributed by atoms with van der Waals surface area (Å²) >= 11 is 0. The second-order valence-electron chi connectivity index (χ2n) is 3.53. The summed E-state index contributed by atoms with van der Waals surface area (Å²) in [5.41, 5.74) is 2.15. The van der Waals surface area contributed by atoms with Crippen molar-refractivity contribution in [3.05, 3.63) is 60.2 Å². The predicted octanol–water partition coefficient (Wildman–Crippen LogP) is 2.70. The van der Waals surface area contributed by atoms with Gasteiger partial charge in [0.05, 0.1) is 19.8 Å². The van der Waals surface area contributed by atoms with E-state index in [1.807, 2.05) is 36.4 Å². The van der Waals surface area contributed by atoms with E-state index < -0.39 is 0 Å². The summed E-state index contributed by atoms with van der Waals surface area (Å²) in [7, 11) is 0. The average Bonchev–Trinajstić information content (AvgIpc) is 2.33. The molecule has 2 heteroatoms. The number of rotatable bonds is 7. The normalized spacial score (nSPS) is 10.8. The summed E-state index contributed by atoms with van der Waals surface area (Å²) in [6, 6.07) is 10.1. The maximum atomic E-state index is 8.58. The average molecular weight is 218 g/mol. The van der Waals surface area contributed by atoms with Gasteiger partial charge in [-0.15, -0.1) is 0 Å². The van der Waals surface area contributed by atoms with Crippen molar-refractivity contribution in [3.63, 3.8) is 0 Å². The number of hydrogen-bond donors (Lipinski definition) is 1. The highest BCUT2D eigenvalue weighted by Gasteiger charge is 1.93. The fourth-order valence-electron chi connectivity index (χ4n) is 1.27. The molecule has 0 saturated heterocycles. The molecule has 0 aliphatic carbocycles. The topological polar surface area (TPSA) is 29.5 Å². The molecule has 0 aliphatic heterocycles. The lowest BCUT2D eigenvalue weighted by atomic mass is 10.2. The van der Waals surface area contributed by atoms with Gasteiger partial charge in [-0.3, -0.25) is 0 Å². The van der Waals surface area contributed by atoms with Gasteiger partial charge in [-0.1, -0.05) is 54.6 Å². The molecule has 0 amide bonds. The van der Waals surface area contributed by atoms with Gasteiger partial charge in [0.1, 0.15) is 0 Å². The predicted molar refractivity (Wildman–Crippen MR) is 66.1 cm³/mol. The first-order chi connectivity index (χ1) is 7.83. The van der Waals surface area contributed by atoms with Crippen LogP contribution >= 0.6 is 0 Å². The van der Waals surface area contributed by atoms with Crippen LogP contribution in [0.2, 0.25) is 0 Å². The summed E-state index contributed by atoms with van der Waals surface area (Å²) in [4.78, 5) is 0. The molecule has 0 aliphatic rings. The number of benzene rings is 1. The van der Waals surface area contributed by atoms with Crippen molar-refractivity contribution in [2.75, 3.05) is 13.2 Å². The van der Waals surface area contributed by atoms with Crippen LogP contribution in [0.1, 0.15) is 12.0 Å². The first-order valence-corrected chi connectivity index (χ1v) is 5.40. The van der Waals surface area contributed by atoms with Gasteiger partial charge in [0, 0.05) is 0 Å². The zero-order valence-electron chi connectivity index (χ0n) is 9.43. The molecule has 1 N–H and O–H groups in total. The minimum Gasteiger partial charge on any atom is -0.392 e. The Hall–Kier alpha value is -1.38. The SMILES string of the molecule is C=C(/C=C/CO)CCOCc1ccccc1. The second-order valence-corrected chi connectivity index (χ2v) is 3.53. The summed E-state index contributed by atoms with van der Waals surface area (Å²) in [6.45, 7) is 5.21. The highest BCUT2D eigenvalue weighted by atomic mass is 16.5. The van der Waals surface area contributed by atoms with Crippen molar-refractivity contribution in [2.24, 2.45) is 0 Å². The molecule has 0 aromatic heterocycles. The molecule has 16 heavy (non-hydrogen) atoms. The number of aliphatic hydroxyl groups is 1. The van der Waals surface area contributed by atoms with Gasteiger partial charge in [0.25, 0.3) is 0 Å². The smallest absolute Gasteiger partial charge is 0.0717 e. The van der Waals surface area contributed by atoms with E-state index in [1.165, 1.54) is 5.56 Å². The molecule has 0 spiro atoms. The molecule has 0 bridgehead atoms. The monoisotopic (exact) mass is 218 g/mol. The van der Waals surface area contributed by atoms with Crippen LogP contribution in [0.25, 0.3) is 0 Å². The lowest BCUT2D eigenvalue weighted by Gasteiger charge is -2.04. The minimum atomic E-state index is 0.0594. The maximum Gasteiger partial charge on any atom is 0.0717 e. The molecular formula is C14H18O2. The Morgan fingerprint density at radius 3 is 2.75 bits per heavy atom. The van der Waals surface area contributed by atoms with Crippen LogP contribution in [0.15, 0.2) is 54.6 Å². The van der Waals surface area contributed by atoms with E-state index in [4.69, 9.17) is 9.84 Å². The molecule has 0 heterocycles. The zero-order chi connectivity index (χ0) is 11.6. The Kier molecular flexibility index (Phi) is 6.23. The van der Waals surface area contributed by atoms with E-state index in [9.17, 15) is 0 Å². The summed E-state index contributed by atoms with van der Waals surface area (Å²) < 4.78 is 5.51. The summed E-state index contributed by atoms with van der Waals surface area (Å²) in [5, 5.41) is 8.58. The lowest BCUT2D eigenvalue weighted by Crippen LogP contribution is -1.95. The molecule has 86 valence electrons. The van der Waals surface area contributed by atoms with Gasteiger partial charge in [0.15, 0.2) is 0 Å². The first-order valence-electron chi connectivity index (χ1n) is 5.40. The lowest BCUT2D eigenvalue weighted by molar-refractivity contribution is 0.124. The van der Waals surface area contributed by atoms with Crippen LogP contribution in [0, 0.1) is 0 Å². The molecule has 0 fully saturated rings. The molecule has 1 aromatic rings. The van der Waals surface area contributed by atoms with E-state index in [0.29, 0.717) is 13.2 Å². The van der Waals surface area contributed by atoms with E-state index in [0.717, 1.165) is 12.0 Å². The van der Waals surface area contributed by atoms with E-state index in [2.05, 4.69) is 6.58 Å². The molecular weight excluding hydrogens is 200 g/mol. The molecule has 2 nitrogen and oxygen atoms in total. The van der Waals surface area contributed by atoms with Gasteiger partial charge in [-0.05, 0) is 12.0 Å². The van der Waals surface area contributed by atoms with Crippen molar-refractivity contribution in [2.45, 2.75) is 13.0 Å². The molecule has 1 rings (SSSR count). The third-order valence-corrected chi connectivity index (χ3v) is 2.14. The quantitative estimate of drug-likeness (QED) is 0.563. The van der Waals surface area contributed by atoms with Crippen LogP contribution in [-0.4, -0.2) is 18.3 Å². The summed E-state index contributed by atoms with van der Waals surface area (Å²) in [5.74, 6) is 0. The van der Waals surface area contributed by atoms with E-state index >= 15 is 0 Å². The van der Waals surface area contributed by atoms with E-state index in [1.54, 1.807) is 6.08 Å². The van der Waals surface area contributed by atoms with E-state index in [-0.39, 0.29) is 6.61 Å². The van der Waals surface area contributed by atoms with Crippen LogP contribution in [0.4, 0.5) is 0 Å². The fourth-order valence-corrected chi connectivity index (χ4v) is 1.27. The Morgan fingerprint density at radius 1 is 1.31 bits per heavy atom. The van der Waals surface area contributed by atoms with Crippen molar-refractivity contribution in [1.29, 1.82) is 0 Å². The molecule has 0 unspecified atom stereocenters. The van der Waals surface area contributed by atoms with Crippen LogP contribution in [0.3, 0.4) is 0 Å². The number of hydrogen-bond acceptors (Lipinski definition) is 2. The molecule has 0 atom stereocenters. The minimum absolute atomic E-state index is 0.0594. The standard InChI is InChI=1S/C14H18O2/c1-13(6-5-10-15)9-11-16-12-14-7-3-2-4-8-14/h2-8,15H,1,9-12H2/b6-5+. The first kappa shape index (κ1) is 12.7. The van der Waals surface area contributed by atoms with Crippen LogP contribution in [0.5, 0.6) is 0 Å². The van der Waals surface area contributed by atoms with Crippen molar-refractivity contribution < 1.29 is 9.84 Å². The molecule has 1 aromatic carbocycles. The number of aliphatic hydroxyl groups excluding tert-OH is 1. The van der Waals surface area contributed by atoms with Gasteiger partial charge in [0.2, 0.25) is 0 Å². The van der Waals surface area contributed by atoms with Crippen molar-refractivity contribution in [1.82, 2.24) is 0 Å². The van der Waals surface area contributed by atoms with Gasteiger partial charge in [-0.25, -0.2) is 0 Å². The third-order valence-electron chi connectivity index (χ3n) is 2.14. The summed E-state index contributed by atoms with van der Waals surface area (Å²) in [6.07, 6.45) is 4.30. The second kappa shape index (κ2) is 7.85. The van der Waals surface area contributed by atoms with Gasteiger partial charge < -0.3 is 9.84 Å². The van der Waals surface area contributed by atoms with Gasteiger partial charge in [-0.2, -0.15) is 0 Å². The Balaban J connectivity index is 2.13. The molecule has 0 saturated carbocycles. The van der Waals surface area contributed by atoms with Crippen LogP contribution in [-0.2, 0) is 11.3 Å². The fraction of sp³-hybridized carbons (Fsp3) is 0.286. The number of ether oxygens (including phenoxy) is 1. The zero-order valence-corrected chi connectivity index (χ0v) is 9.43. The van der Waals surface area contributed by atoms with Gasteiger partial charge >= 0.3 is 0 Å². The Morgan fingerprint density at radius 2 is 2.06 bits per heavy atom. The highest BCUT2D eigenvalue weighted by molar-refractivity contribution is 5.15. The highest BCUT2D eigenvalue weighted by Crippen LogP contribution is 2.04. The Bertz CT molecular complexity index is 328. The third kappa shape index (κ3) is 5.49. The van der Waals surface area contributed by atoms with Crippen molar-refractivity contribution in [3.8, 4) is 0 Å². The largest absolute Gasteiger partial charge is 0.392 e.